The van der Waals surface area contributed by atoms with Crippen molar-refractivity contribution in [3.63, 3.8) is 0 Å². The molecule has 14 heteroatoms. The van der Waals surface area contributed by atoms with Crippen molar-refractivity contribution in [2.45, 2.75) is 148 Å². The molecule has 2 N–H and O–H groups in total. The van der Waals surface area contributed by atoms with Crippen molar-refractivity contribution in [3.05, 3.63) is 12.7 Å². The summed E-state index contributed by atoms with van der Waals surface area (Å²) in [5.74, 6) is -3.37. The first-order valence-corrected chi connectivity index (χ1v) is 19.3. The van der Waals surface area contributed by atoms with E-state index < -0.39 is 89.5 Å². The molecule has 51 heavy (non-hydrogen) atoms. The molecule has 292 valence electrons. The minimum atomic E-state index is -1.44. The van der Waals surface area contributed by atoms with Gasteiger partial charge in [0.25, 0.3) is 0 Å². The van der Waals surface area contributed by atoms with Crippen LogP contribution in [-0.2, 0) is 37.8 Å². The molecule has 0 aromatic rings. The third-order valence-electron chi connectivity index (χ3n) is 11.5. The van der Waals surface area contributed by atoms with E-state index >= 15 is 0 Å². The van der Waals surface area contributed by atoms with Gasteiger partial charge in [-0.2, -0.15) is 0 Å². The molecule has 0 aromatic heterocycles. The van der Waals surface area contributed by atoms with Crippen molar-refractivity contribution >= 4 is 26.7 Å². The Kier molecular flexibility index (Phi) is 14.9. The van der Waals surface area contributed by atoms with Crippen molar-refractivity contribution in [1.82, 2.24) is 10.2 Å². The van der Waals surface area contributed by atoms with E-state index in [0.29, 0.717) is 12.8 Å². The fraction of sp³-hybridized carbons (Fsp3) is 0.865. The summed E-state index contributed by atoms with van der Waals surface area (Å²) in [7, 11) is 3.68. The first kappa shape index (κ1) is 43.1. The van der Waals surface area contributed by atoms with Crippen LogP contribution in [0.1, 0.15) is 88.5 Å². The topological polar surface area (TPSA) is 159 Å². The molecule has 3 saturated heterocycles. The minimum Gasteiger partial charge on any atom is -0.458 e. The number of esters is 1. The first-order valence-electron chi connectivity index (χ1n) is 18.4. The summed E-state index contributed by atoms with van der Waals surface area (Å²) in [5.41, 5.74) is -3.38. The third-order valence-corrected chi connectivity index (χ3v) is 12.3. The smallest absolute Gasteiger partial charge is 0.458 e. The zero-order chi connectivity index (χ0) is 38.6. The van der Waals surface area contributed by atoms with E-state index in [4.69, 9.17) is 28.4 Å². The van der Waals surface area contributed by atoms with Gasteiger partial charge >= 0.3 is 18.2 Å². The van der Waals surface area contributed by atoms with Gasteiger partial charge in [0.2, 0.25) is 0 Å². The van der Waals surface area contributed by atoms with Crippen LogP contribution < -0.4 is 5.32 Å². The second-order valence-corrected chi connectivity index (χ2v) is 16.8. The molecule has 3 aliphatic heterocycles. The number of alkyl carbamates (subject to hydrolysis) is 1. The fourth-order valence-electron chi connectivity index (χ4n) is 9.03. The maximum Gasteiger partial charge on any atom is 0.509 e. The number of hydrogen-bond acceptors (Lipinski definition) is 12. The maximum absolute atomic E-state index is 14.2. The lowest BCUT2D eigenvalue weighted by atomic mass is 9.68. The summed E-state index contributed by atoms with van der Waals surface area (Å²) in [4.78, 5) is 42.3. The average molecular weight is 743 g/mol. The molecular formula is C37H63N2O11P. The second kappa shape index (κ2) is 17.7. The lowest BCUT2D eigenvalue weighted by Gasteiger charge is -2.49. The third kappa shape index (κ3) is 9.44. The number of aliphatic hydroxyl groups excluding tert-OH is 1. The van der Waals surface area contributed by atoms with Crippen LogP contribution in [-0.4, -0.2) is 109 Å². The van der Waals surface area contributed by atoms with Crippen molar-refractivity contribution in [2.75, 3.05) is 20.6 Å². The minimum absolute atomic E-state index is 0.0892. The van der Waals surface area contributed by atoms with Crippen LogP contribution in [0.2, 0.25) is 0 Å². The molecule has 3 fully saturated rings. The van der Waals surface area contributed by atoms with Crippen LogP contribution in [0.3, 0.4) is 0 Å². The van der Waals surface area contributed by atoms with Gasteiger partial charge in [0, 0.05) is 18.5 Å². The van der Waals surface area contributed by atoms with Gasteiger partial charge in [-0.3, -0.25) is 9.36 Å². The zero-order valence-corrected chi connectivity index (χ0v) is 33.5. The Morgan fingerprint density at radius 1 is 1.14 bits per heavy atom. The highest BCUT2D eigenvalue weighted by atomic mass is 31.1. The number of nitrogens with one attached hydrogen (secondary N) is 1. The molecule has 0 aliphatic carbocycles. The molecule has 0 spiro atoms. The van der Waals surface area contributed by atoms with E-state index in [9.17, 15) is 24.1 Å². The summed E-state index contributed by atoms with van der Waals surface area (Å²) in [5, 5.41) is 14.7. The molecule has 0 bridgehead atoms. The van der Waals surface area contributed by atoms with Gasteiger partial charge in [-0.25, -0.2) is 9.59 Å². The first-order chi connectivity index (χ1) is 23.8. The number of nitrogens with zero attached hydrogens (tertiary/aromatic N) is 1. The van der Waals surface area contributed by atoms with E-state index in [1.807, 2.05) is 60.5 Å². The molecule has 15 atom stereocenters. The Morgan fingerprint density at radius 2 is 1.78 bits per heavy atom. The number of hydrogen-bond donors (Lipinski definition) is 2. The summed E-state index contributed by atoms with van der Waals surface area (Å²) < 4.78 is 50.1. The molecular weight excluding hydrogens is 679 g/mol. The highest BCUT2D eigenvalue weighted by Crippen LogP contribution is 2.46. The molecule has 0 aromatic carbocycles. The van der Waals surface area contributed by atoms with Gasteiger partial charge in [0.1, 0.15) is 23.5 Å². The van der Waals surface area contributed by atoms with Gasteiger partial charge < -0.3 is 43.7 Å². The number of cyclic esters (lactones) is 1. The monoisotopic (exact) mass is 742 g/mol. The molecule has 13 nitrogen and oxygen atoms in total. The van der Waals surface area contributed by atoms with Gasteiger partial charge in [-0.05, 0) is 77.8 Å². The summed E-state index contributed by atoms with van der Waals surface area (Å²) >= 11 is 0. The average Bonchev–Trinajstić information content (AvgIpc) is 3.37. The van der Waals surface area contributed by atoms with E-state index in [1.54, 1.807) is 27.7 Å². The van der Waals surface area contributed by atoms with Crippen LogP contribution in [0, 0.1) is 35.5 Å². The SMILES string of the molecule is C=CCNC(=O)OC1(C)CC(C)C(O)C(C)C2OC(=O)OC2(C)C(CC)OC(=O)C(C)C(C(C)C)C(C)C1OC1OC(C)CC(N(C)C)C1P=O. The van der Waals surface area contributed by atoms with Gasteiger partial charge in [0.15, 0.2) is 26.5 Å². The standard InChI is InChI=1S/C37H63N2O11P/c1-14-16-38-34(42)49-36(10)18-20(5)28(40)24(9)31-37(11,50-35(43)48-31)26(15-2)46-32(41)23(8)27(19(3)4)22(7)30(36)47-33-29(51-44)25(39(12)13)17-21(6)45-33/h14,19-31,33,40H,1,15-18H2,2-13H3,(H,38,42). The Morgan fingerprint density at radius 3 is 2.33 bits per heavy atom. The van der Waals surface area contributed by atoms with Gasteiger partial charge in [0.05, 0.1) is 18.1 Å². The fourth-order valence-corrected chi connectivity index (χ4v) is 9.80. The molecule has 15 unspecified atom stereocenters. The highest BCUT2D eigenvalue weighted by molar-refractivity contribution is 7.24. The van der Waals surface area contributed by atoms with E-state index in [0.717, 1.165) is 0 Å². The lowest BCUT2D eigenvalue weighted by molar-refractivity contribution is -0.264. The second-order valence-electron chi connectivity index (χ2n) is 16.0. The Balaban J connectivity index is 2.27. The van der Waals surface area contributed by atoms with Crippen molar-refractivity contribution in [2.24, 2.45) is 35.5 Å². The normalized spacial score (nSPS) is 42.7. The van der Waals surface area contributed by atoms with Gasteiger partial charge in [-0.15, -0.1) is 6.58 Å². The van der Waals surface area contributed by atoms with Crippen molar-refractivity contribution < 1.29 is 52.5 Å². The number of rotatable bonds is 9. The van der Waals surface area contributed by atoms with Crippen LogP contribution in [0.25, 0.3) is 0 Å². The zero-order valence-electron chi connectivity index (χ0n) is 32.6. The number of fused-ring (bicyclic) bond motifs is 1. The number of ether oxygens (including phenoxy) is 6. The molecule has 3 heterocycles. The summed E-state index contributed by atoms with van der Waals surface area (Å²) in [6, 6.07) is -0.136. The van der Waals surface area contributed by atoms with Crippen LogP contribution >= 0.6 is 8.46 Å². The summed E-state index contributed by atoms with van der Waals surface area (Å²) in [6.07, 6.45) is -4.03. The van der Waals surface area contributed by atoms with Crippen LogP contribution in [0.4, 0.5) is 9.59 Å². The van der Waals surface area contributed by atoms with Crippen molar-refractivity contribution in [3.8, 4) is 0 Å². The summed E-state index contributed by atoms with van der Waals surface area (Å²) in [6.45, 7) is 22.4. The maximum atomic E-state index is 14.2. The molecule has 0 radical (unpaired) electrons. The number of aliphatic hydroxyl groups is 1. The molecule has 1 amide bonds. The van der Waals surface area contributed by atoms with Gasteiger partial charge in [-0.1, -0.05) is 54.5 Å². The number of amides is 1. The Labute approximate surface area is 306 Å². The largest absolute Gasteiger partial charge is 0.509 e. The predicted octanol–water partition coefficient (Wildman–Crippen LogP) is 5.97. The van der Waals surface area contributed by atoms with E-state index in [2.05, 4.69) is 11.9 Å². The number of carbonyl (C=O) groups is 3. The lowest BCUT2D eigenvalue weighted by Crippen LogP contribution is -2.60. The Hall–Kier alpha value is -2.31. The van der Waals surface area contributed by atoms with Crippen LogP contribution in [0.15, 0.2) is 12.7 Å². The van der Waals surface area contributed by atoms with E-state index in [1.165, 1.54) is 6.08 Å². The van der Waals surface area contributed by atoms with E-state index in [-0.39, 0.29) is 45.4 Å². The van der Waals surface area contributed by atoms with Crippen molar-refractivity contribution in [1.29, 1.82) is 0 Å². The molecule has 0 saturated carbocycles. The highest BCUT2D eigenvalue weighted by Gasteiger charge is 2.59. The Bertz CT molecular complexity index is 1240. The number of carbonyl (C=O) groups excluding carboxylic acids is 3. The molecule has 3 rings (SSSR count). The quantitative estimate of drug-likeness (QED) is 0.124. The molecule has 3 aliphatic rings. The van der Waals surface area contributed by atoms with Crippen LogP contribution in [0.5, 0.6) is 0 Å². The predicted molar refractivity (Wildman–Crippen MR) is 191 cm³/mol.